The van der Waals surface area contributed by atoms with Gasteiger partial charge in [-0.05, 0) is 40.2 Å². The largest absolute Gasteiger partial charge is 0.361 e. The Morgan fingerprint density at radius 3 is 2.31 bits per heavy atom. The van der Waals surface area contributed by atoms with Crippen LogP contribution in [0.3, 0.4) is 0 Å². The molecule has 0 saturated heterocycles. The molecule has 0 bridgehead atoms. The Kier molecular flexibility index (Phi) is 7.07. The number of thiol groups is 1. The van der Waals surface area contributed by atoms with Crippen molar-refractivity contribution in [1.29, 1.82) is 0 Å². The molecule has 4 heteroatoms. The molecule has 0 aliphatic heterocycles. The molecule has 0 radical (unpaired) electrons. The molecule has 0 saturated carbocycles. The van der Waals surface area contributed by atoms with Gasteiger partial charge in [0.1, 0.15) is 0 Å². The van der Waals surface area contributed by atoms with Gasteiger partial charge in [-0.3, -0.25) is 4.99 Å². The average Bonchev–Trinajstić information content (AvgIpc) is 2.15. The Balaban J connectivity index is 5.03. The molecule has 0 atom stereocenters. The van der Waals surface area contributed by atoms with Crippen LogP contribution in [0.15, 0.2) is 16.8 Å². The maximum atomic E-state index is 4.46. The van der Waals surface area contributed by atoms with E-state index >= 15 is 0 Å². The summed E-state index contributed by atoms with van der Waals surface area (Å²) in [6.07, 6.45) is 4.20. The topological polar surface area (TPSA) is 15.6 Å². The zero-order valence-electron chi connectivity index (χ0n) is 11.5. The maximum Gasteiger partial charge on any atom is 0.0612 e. The van der Waals surface area contributed by atoms with E-state index in [4.69, 9.17) is 0 Å². The van der Waals surface area contributed by atoms with Crippen LogP contribution < -0.4 is 0 Å². The normalized spacial score (nSPS) is 14.4. The van der Waals surface area contributed by atoms with Crippen LogP contribution in [0.2, 0.25) is 0 Å². The minimum absolute atomic E-state index is 0.116. The number of rotatable bonds is 5. The van der Waals surface area contributed by atoms with E-state index in [1.165, 1.54) is 5.70 Å². The van der Waals surface area contributed by atoms with Gasteiger partial charge >= 0.3 is 0 Å². The first-order chi connectivity index (χ1) is 7.36. The third-order valence-corrected chi connectivity index (χ3v) is 3.04. The monoisotopic (exact) mass is 258 g/mol. The molecule has 94 valence electrons. The van der Waals surface area contributed by atoms with Crippen molar-refractivity contribution in [2.75, 3.05) is 12.0 Å². The fourth-order valence-corrected chi connectivity index (χ4v) is 2.75. The second-order valence-electron chi connectivity index (χ2n) is 4.85. The van der Waals surface area contributed by atoms with Crippen molar-refractivity contribution < 1.29 is 0 Å². The molecule has 0 unspecified atom stereocenters. The predicted molar refractivity (Wildman–Crippen MR) is 81.7 cm³/mol. The van der Waals surface area contributed by atoms with Crippen molar-refractivity contribution in [2.24, 2.45) is 4.99 Å². The molecule has 0 aliphatic carbocycles. The number of hydrogen-bond donors (Lipinski definition) is 1. The van der Waals surface area contributed by atoms with Crippen LogP contribution >= 0.6 is 12.6 Å². The van der Waals surface area contributed by atoms with Crippen LogP contribution in [-0.2, 0) is 0 Å². The molecular weight excluding hydrogens is 232 g/mol. The molecule has 0 heterocycles. The fraction of sp³-hybridized carbons (Fsp3) is 0.750. The van der Waals surface area contributed by atoms with E-state index in [-0.39, 0.29) is 5.54 Å². The molecule has 2 nitrogen and oxygen atoms in total. The summed E-state index contributed by atoms with van der Waals surface area (Å²) in [6, 6.07) is 0. The summed E-state index contributed by atoms with van der Waals surface area (Å²) in [5.74, 6) is 0.747. The smallest absolute Gasteiger partial charge is 0.0612 e. The van der Waals surface area contributed by atoms with Crippen molar-refractivity contribution >= 4 is 28.6 Å². The van der Waals surface area contributed by atoms with Crippen LogP contribution in [-0.4, -0.2) is 38.4 Å². The summed E-state index contributed by atoms with van der Waals surface area (Å²) in [7, 11) is 1.13. The molecule has 0 rings (SSSR count). The van der Waals surface area contributed by atoms with Crippen LogP contribution in [0.25, 0.3) is 0 Å². The molecule has 0 aromatic heterocycles. The van der Waals surface area contributed by atoms with Crippen molar-refractivity contribution in [1.82, 2.24) is 4.90 Å². The second kappa shape index (κ2) is 7.17. The third-order valence-electron chi connectivity index (χ3n) is 2.44. The fourth-order valence-electron chi connectivity index (χ4n) is 1.64. The molecule has 0 amide bonds. The molecule has 0 spiro atoms. The highest BCUT2D eigenvalue weighted by Gasteiger charge is 2.21. The van der Waals surface area contributed by atoms with Gasteiger partial charge in [-0.25, -0.2) is 0 Å². The van der Waals surface area contributed by atoms with E-state index in [2.05, 4.69) is 63.2 Å². The number of nitrogens with zero attached hydrogens (tertiary/aromatic N) is 2. The van der Waals surface area contributed by atoms with E-state index in [0.717, 1.165) is 34.4 Å². The van der Waals surface area contributed by atoms with E-state index in [1.54, 1.807) is 0 Å². The molecule has 0 aliphatic rings. The Labute approximate surface area is 109 Å². The summed E-state index contributed by atoms with van der Waals surface area (Å²) in [6.45, 7) is 10.9. The zero-order valence-corrected chi connectivity index (χ0v) is 14.4. The Morgan fingerprint density at radius 2 is 2.00 bits per heavy atom. The first-order valence-corrected chi connectivity index (χ1v) is 8.01. The highest BCUT2D eigenvalue weighted by atomic mass is 32.1. The van der Waals surface area contributed by atoms with Gasteiger partial charge in [-0.15, -0.1) is 0 Å². The lowest BCUT2D eigenvalue weighted by Crippen LogP contribution is -2.39. The van der Waals surface area contributed by atoms with Crippen LogP contribution in [0.1, 0.15) is 41.0 Å². The minimum Gasteiger partial charge on any atom is -0.361 e. The quantitative estimate of drug-likeness (QED) is 0.345. The number of aliphatic imine (C=N–C) groups is 1. The van der Waals surface area contributed by atoms with Crippen molar-refractivity contribution in [3.63, 3.8) is 0 Å². The standard InChI is InChI=1S/C12H26N2SSi/c1-6-11(7-10(2)13-8-16)14(9-15)12(3,4)5/h7,15H,6,8-9H2,1-5,16H3/b11-7-,13-10?. The minimum atomic E-state index is 0.116. The maximum absolute atomic E-state index is 4.46. The number of hydrogen-bond acceptors (Lipinski definition) is 3. The molecule has 0 N–H and O–H groups in total. The Bertz CT molecular complexity index is 267. The molecule has 0 aromatic carbocycles. The average molecular weight is 259 g/mol. The highest BCUT2D eigenvalue weighted by Crippen LogP contribution is 2.22. The van der Waals surface area contributed by atoms with Gasteiger partial charge in [-0.2, -0.15) is 12.6 Å². The summed E-state index contributed by atoms with van der Waals surface area (Å²) < 4.78 is 0. The van der Waals surface area contributed by atoms with Gasteiger partial charge in [0.25, 0.3) is 0 Å². The Morgan fingerprint density at radius 1 is 1.44 bits per heavy atom. The lowest BCUT2D eigenvalue weighted by atomic mass is 10.0. The first kappa shape index (κ1) is 15.8. The van der Waals surface area contributed by atoms with E-state index in [0.29, 0.717) is 0 Å². The van der Waals surface area contributed by atoms with E-state index < -0.39 is 0 Å². The predicted octanol–water partition coefficient (Wildman–Crippen LogP) is 2.05. The van der Waals surface area contributed by atoms with Gasteiger partial charge in [-0.1, -0.05) is 6.92 Å². The van der Waals surface area contributed by atoms with Crippen LogP contribution in [0.4, 0.5) is 0 Å². The second-order valence-corrected chi connectivity index (χ2v) is 5.76. The molecule has 16 heavy (non-hydrogen) atoms. The zero-order chi connectivity index (χ0) is 12.8. The summed E-state index contributed by atoms with van der Waals surface area (Å²) >= 11 is 4.43. The van der Waals surface area contributed by atoms with Gasteiger partial charge < -0.3 is 4.90 Å². The van der Waals surface area contributed by atoms with Crippen molar-refractivity contribution in [3.05, 3.63) is 11.8 Å². The van der Waals surface area contributed by atoms with E-state index in [1.807, 2.05) is 0 Å². The van der Waals surface area contributed by atoms with Crippen molar-refractivity contribution in [2.45, 2.75) is 46.6 Å². The van der Waals surface area contributed by atoms with Crippen molar-refractivity contribution in [3.8, 4) is 0 Å². The Hall–Kier alpha value is -0.223. The molecule has 0 fully saturated rings. The molecular formula is C12H26N2SSi. The van der Waals surface area contributed by atoms with E-state index in [9.17, 15) is 0 Å². The third kappa shape index (κ3) is 5.21. The van der Waals surface area contributed by atoms with Gasteiger partial charge in [0.2, 0.25) is 0 Å². The lowest BCUT2D eigenvalue weighted by molar-refractivity contribution is 0.213. The highest BCUT2D eigenvalue weighted by molar-refractivity contribution is 7.80. The van der Waals surface area contributed by atoms with Crippen LogP contribution in [0, 0.1) is 0 Å². The first-order valence-electron chi connectivity index (χ1n) is 5.96. The molecule has 0 aromatic rings. The summed E-state index contributed by atoms with van der Waals surface area (Å²) in [5, 5.41) is 0. The summed E-state index contributed by atoms with van der Waals surface area (Å²) in [5.41, 5.74) is 2.56. The summed E-state index contributed by atoms with van der Waals surface area (Å²) in [4.78, 5) is 6.78. The van der Waals surface area contributed by atoms with Gasteiger partial charge in [0.15, 0.2) is 0 Å². The SMILES string of the molecule is CC/C(=C/C(C)=NC[SiH3])N(CS)C(C)(C)C. The van der Waals surface area contributed by atoms with Crippen LogP contribution in [0.5, 0.6) is 0 Å². The van der Waals surface area contributed by atoms with Gasteiger partial charge in [0, 0.05) is 33.4 Å². The number of allylic oxidation sites excluding steroid dienone is 2. The van der Waals surface area contributed by atoms with Gasteiger partial charge in [0.05, 0.1) is 5.88 Å². The lowest BCUT2D eigenvalue weighted by Gasteiger charge is -2.38.